The maximum absolute atomic E-state index is 10.4. The van der Waals surface area contributed by atoms with E-state index in [1.54, 1.807) is 12.1 Å². The van der Waals surface area contributed by atoms with Crippen molar-refractivity contribution in [1.29, 1.82) is 0 Å². The third-order valence-electron chi connectivity index (χ3n) is 1.90. The van der Waals surface area contributed by atoms with Gasteiger partial charge in [0.05, 0.1) is 0 Å². The van der Waals surface area contributed by atoms with Gasteiger partial charge in [-0.15, -0.1) is 0 Å². The van der Waals surface area contributed by atoms with Crippen molar-refractivity contribution in [2.75, 3.05) is 0 Å². The van der Waals surface area contributed by atoms with Crippen LogP contribution in [-0.2, 0) is 6.42 Å². The van der Waals surface area contributed by atoms with E-state index in [-0.39, 0.29) is 0 Å². The molecule has 0 amide bonds. The zero-order valence-electron chi connectivity index (χ0n) is 8.86. The van der Waals surface area contributed by atoms with E-state index in [2.05, 4.69) is 4.74 Å². The highest BCUT2D eigenvalue weighted by Gasteiger charge is 2.05. The predicted octanol–water partition coefficient (Wildman–Crippen LogP) is 3.25. The molecular formula is C12H14O3. The lowest BCUT2D eigenvalue weighted by molar-refractivity contribution is 0.144. The van der Waals surface area contributed by atoms with Gasteiger partial charge in [0.1, 0.15) is 5.75 Å². The second-order valence-corrected chi connectivity index (χ2v) is 3.46. The number of rotatable bonds is 3. The Labute approximate surface area is 89.0 Å². The van der Waals surface area contributed by atoms with E-state index in [1.807, 2.05) is 32.1 Å². The van der Waals surface area contributed by atoms with Gasteiger partial charge in [0, 0.05) is 0 Å². The van der Waals surface area contributed by atoms with E-state index in [1.165, 1.54) is 5.57 Å². The normalized spacial score (nSPS) is 9.47. The maximum Gasteiger partial charge on any atom is 0.511 e. The monoisotopic (exact) mass is 206 g/mol. The first-order valence-corrected chi connectivity index (χ1v) is 4.71. The van der Waals surface area contributed by atoms with E-state index in [4.69, 9.17) is 5.11 Å². The molecule has 0 aliphatic rings. The summed E-state index contributed by atoms with van der Waals surface area (Å²) in [6.07, 6.45) is 1.44. The number of carboxylic acid groups (broad SMARTS) is 1. The molecule has 3 heteroatoms. The van der Waals surface area contributed by atoms with Gasteiger partial charge in [0.15, 0.2) is 0 Å². The van der Waals surface area contributed by atoms with Crippen LogP contribution in [-0.4, -0.2) is 11.3 Å². The van der Waals surface area contributed by atoms with Gasteiger partial charge < -0.3 is 9.84 Å². The number of para-hydroxylation sites is 1. The number of benzene rings is 1. The Morgan fingerprint density at radius 2 is 2.07 bits per heavy atom. The van der Waals surface area contributed by atoms with E-state index >= 15 is 0 Å². The van der Waals surface area contributed by atoms with Crippen molar-refractivity contribution < 1.29 is 14.6 Å². The highest BCUT2D eigenvalue weighted by molar-refractivity contribution is 5.62. The minimum atomic E-state index is -1.28. The van der Waals surface area contributed by atoms with Gasteiger partial charge in [-0.3, -0.25) is 0 Å². The van der Waals surface area contributed by atoms with Crippen molar-refractivity contribution in [1.82, 2.24) is 0 Å². The van der Waals surface area contributed by atoms with E-state index < -0.39 is 6.16 Å². The molecule has 3 nitrogen and oxygen atoms in total. The largest absolute Gasteiger partial charge is 0.511 e. The van der Waals surface area contributed by atoms with Gasteiger partial charge in [0.25, 0.3) is 0 Å². The molecule has 0 saturated carbocycles. The van der Waals surface area contributed by atoms with Crippen LogP contribution < -0.4 is 4.74 Å². The smallest absolute Gasteiger partial charge is 0.449 e. The van der Waals surface area contributed by atoms with Crippen molar-refractivity contribution in [3.05, 3.63) is 41.5 Å². The Kier molecular flexibility index (Phi) is 3.92. The highest BCUT2D eigenvalue weighted by atomic mass is 16.7. The molecule has 0 aromatic heterocycles. The summed E-state index contributed by atoms with van der Waals surface area (Å²) in [7, 11) is 0. The number of hydrogen-bond donors (Lipinski definition) is 1. The van der Waals surface area contributed by atoms with Crippen molar-refractivity contribution >= 4 is 6.16 Å². The van der Waals surface area contributed by atoms with Crippen molar-refractivity contribution in [2.45, 2.75) is 20.3 Å². The number of ether oxygens (including phenoxy) is 1. The fourth-order valence-electron chi connectivity index (χ4n) is 1.18. The molecule has 1 N–H and O–H groups in total. The van der Waals surface area contributed by atoms with Gasteiger partial charge in [-0.2, -0.15) is 0 Å². The molecule has 0 atom stereocenters. The summed E-state index contributed by atoms with van der Waals surface area (Å²) in [6.45, 7) is 4.00. The molecular weight excluding hydrogens is 192 g/mol. The molecule has 0 bridgehead atoms. The van der Waals surface area contributed by atoms with Crippen molar-refractivity contribution in [3.63, 3.8) is 0 Å². The predicted molar refractivity (Wildman–Crippen MR) is 58.2 cm³/mol. The first-order valence-electron chi connectivity index (χ1n) is 4.71. The molecule has 0 radical (unpaired) electrons. The van der Waals surface area contributed by atoms with Crippen LogP contribution in [0.2, 0.25) is 0 Å². The Morgan fingerprint density at radius 3 is 2.67 bits per heavy atom. The van der Waals surface area contributed by atoms with Crippen LogP contribution in [0.4, 0.5) is 4.79 Å². The summed E-state index contributed by atoms with van der Waals surface area (Å²) in [4.78, 5) is 10.4. The van der Waals surface area contributed by atoms with Crippen LogP contribution >= 0.6 is 0 Å². The number of carbonyl (C=O) groups is 1. The Morgan fingerprint density at radius 1 is 1.40 bits per heavy atom. The lowest BCUT2D eigenvalue weighted by Crippen LogP contribution is -2.04. The molecule has 0 heterocycles. The van der Waals surface area contributed by atoms with Crippen LogP contribution in [0.15, 0.2) is 35.9 Å². The molecule has 1 rings (SSSR count). The Bertz CT molecular complexity index is 376. The van der Waals surface area contributed by atoms with Crippen LogP contribution in [0.3, 0.4) is 0 Å². The Hall–Kier alpha value is -1.77. The van der Waals surface area contributed by atoms with E-state index in [9.17, 15) is 4.79 Å². The first kappa shape index (κ1) is 11.3. The first-order chi connectivity index (χ1) is 7.09. The summed E-state index contributed by atoms with van der Waals surface area (Å²) in [5.74, 6) is 0.405. The molecule has 80 valence electrons. The summed E-state index contributed by atoms with van der Waals surface area (Å²) in [5.41, 5.74) is 2.07. The summed E-state index contributed by atoms with van der Waals surface area (Å²) >= 11 is 0. The summed E-state index contributed by atoms with van der Waals surface area (Å²) < 4.78 is 4.67. The second-order valence-electron chi connectivity index (χ2n) is 3.46. The van der Waals surface area contributed by atoms with Crippen LogP contribution in [0, 0.1) is 0 Å². The van der Waals surface area contributed by atoms with Crippen LogP contribution in [0.5, 0.6) is 5.75 Å². The molecule has 15 heavy (non-hydrogen) atoms. The van der Waals surface area contributed by atoms with E-state index in [0.717, 1.165) is 5.56 Å². The number of hydrogen-bond acceptors (Lipinski definition) is 2. The van der Waals surface area contributed by atoms with Crippen LogP contribution in [0.25, 0.3) is 0 Å². The lowest BCUT2D eigenvalue weighted by Gasteiger charge is -2.05. The lowest BCUT2D eigenvalue weighted by atomic mass is 10.1. The SMILES string of the molecule is CC(C)=CCc1ccccc1OC(=O)O. The molecule has 1 aromatic carbocycles. The average Bonchev–Trinajstić information content (AvgIpc) is 2.15. The van der Waals surface area contributed by atoms with Gasteiger partial charge in [-0.25, -0.2) is 4.79 Å². The van der Waals surface area contributed by atoms with Gasteiger partial charge in [0.2, 0.25) is 0 Å². The molecule has 0 aliphatic heterocycles. The molecule has 0 fully saturated rings. The second kappa shape index (κ2) is 5.20. The molecule has 0 aliphatic carbocycles. The van der Waals surface area contributed by atoms with Crippen LogP contribution in [0.1, 0.15) is 19.4 Å². The minimum absolute atomic E-state index is 0.405. The third-order valence-corrected chi connectivity index (χ3v) is 1.90. The quantitative estimate of drug-likeness (QED) is 0.469. The third kappa shape index (κ3) is 3.85. The molecule has 0 spiro atoms. The minimum Gasteiger partial charge on any atom is -0.449 e. The zero-order chi connectivity index (χ0) is 11.3. The van der Waals surface area contributed by atoms with E-state index in [0.29, 0.717) is 12.2 Å². The Balaban J connectivity index is 2.86. The fourth-order valence-corrected chi connectivity index (χ4v) is 1.18. The van der Waals surface area contributed by atoms with Crippen molar-refractivity contribution in [3.8, 4) is 5.75 Å². The highest BCUT2D eigenvalue weighted by Crippen LogP contribution is 2.19. The standard InChI is InChI=1S/C12H14O3/c1-9(2)7-8-10-5-3-4-6-11(10)15-12(13)14/h3-7H,8H2,1-2H3,(H,13,14). The molecule has 1 aromatic rings. The van der Waals surface area contributed by atoms with Crippen molar-refractivity contribution in [2.24, 2.45) is 0 Å². The topological polar surface area (TPSA) is 46.5 Å². The fraction of sp³-hybridized carbons (Fsp3) is 0.250. The van der Waals surface area contributed by atoms with Gasteiger partial charge in [-0.1, -0.05) is 29.8 Å². The maximum atomic E-state index is 10.4. The molecule has 0 unspecified atom stereocenters. The molecule has 0 saturated heterocycles. The zero-order valence-corrected chi connectivity index (χ0v) is 8.86. The summed E-state index contributed by atoms with van der Waals surface area (Å²) in [6, 6.07) is 7.13. The number of allylic oxidation sites excluding steroid dienone is 2. The van der Waals surface area contributed by atoms with Gasteiger partial charge in [-0.05, 0) is 31.9 Å². The average molecular weight is 206 g/mol. The summed E-state index contributed by atoms with van der Waals surface area (Å²) in [5, 5.41) is 8.53. The van der Waals surface area contributed by atoms with Gasteiger partial charge >= 0.3 is 6.16 Å².